The van der Waals surface area contributed by atoms with Crippen molar-refractivity contribution in [3.63, 3.8) is 0 Å². The van der Waals surface area contributed by atoms with Crippen LogP contribution in [0, 0.1) is 0 Å². The SMILES string of the molecule is CCOc1ccc(-c2cc(C=Cc3ccc(OC)cc3)nc(-c3ccc(OCC)cc3)c2)cc1. The van der Waals surface area contributed by atoms with E-state index in [0.717, 1.165) is 50.9 Å². The maximum Gasteiger partial charge on any atom is 0.119 e. The number of hydrogen-bond donors (Lipinski definition) is 0. The number of nitrogens with zero attached hydrogens (tertiary/aromatic N) is 1. The highest BCUT2D eigenvalue weighted by Crippen LogP contribution is 2.29. The van der Waals surface area contributed by atoms with Crippen LogP contribution in [0.4, 0.5) is 0 Å². The quantitative estimate of drug-likeness (QED) is 0.266. The largest absolute Gasteiger partial charge is 0.497 e. The fourth-order valence-electron chi connectivity index (χ4n) is 3.65. The van der Waals surface area contributed by atoms with E-state index in [1.807, 2.05) is 80.6 Å². The first-order valence-electron chi connectivity index (χ1n) is 11.5. The van der Waals surface area contributed by atoms with Crippen LogP contribution < -0.4 is 14.2 Å². The Morgan fingerprint density at radius 2 is 1.18 bits per heavy atom. The number of methoxy groups -OCH3 is 1. The van der Waals surface area contributed by atoms with Gasteiger partial charge in [0.1, 0.15) is 17.2 Å². The Morgan fingerprint density at radius 1 is 0.618 bits per heavy atom. The predicted octanol–water partition coefficient (Wildman–Crippen LogP) is 7.39. The summed E-state index contributed by atoms with van der Waals surface area (Å²) in [5, 5.41) is 0. The smallest absolute Gasteiger partial charge is 0.119 e. The zero-order valence-corrected chi connectivity index (χ0v) is 19.8. The van der Waals surface area contributed by atoms with Crippen molar-refractivity contribution in [1.82, 2.24) is 4.98 Å². The van der Waals surface area contributed by atoms with Gasteiger partial charge in [-0.3, -0.25) is 0 Å². The lowest BCUT2D eigenvalue weighted by atomic mass is 10.0. The average molecular weight is 452 g/mol. The van der Waals surface area contributed by atoms with E-state index < -0.39 is 0 Å². The average Bonchev–Trinajstić information content (AvgIpc) is 2.89. The lowest BCUT2D eigenvalue weighted by molar-refractivity contribution is 0.340. The van der Waals surface area contributed by atoms with Gasteiger partial charge in [0.2, 0.25) is 0 Å². The Kier molecular flexibility index (Phi) is 7.61. The van der Waals surface area contributed by atoms with Gasteiger partial charge in [0.15, 0.2) is 0 Å². The van der Waals surface area contributed by atoms with Crippen molar-refractivity contribution in [3.8, 4) is 39.6 Å². The van der Waals surface area contributed by atoms with Gasteiger partial charge >= 0.3 is 0 Å². The summed E-state index contributed by atoms with van der Waals surface area (Å²) in [6.07, 6.45) is 4.10. The summed E-state index contributed by atoms with van der Waals surface area (Å²) in [6, 6.07) is 28.4. The number of pyridine rings is 1. The van der Waals surface area contributed by atoms with Crippen LogP contribution in [0.2, 0.25) is 0 Å². The minimum absolute atomic E-state index is 0.644. The van der Waals surface area contributed by atoms with Crippen LogP contribution in [0.25, 0.3) is 34.5 Å². The third-order valence-corrected chi connectivity index (χ3v) is 5.37. The summed E-state index contributed by atoms with van der Waals surface area (Å²) >= 11 is 0. The van der Waals surface area contributed by atoms with Crippen LogP contribution in [0.5, 0.6) is 17.2 Å². The second-order valence-electron chi connectivity index (χ2n) is 7.69. The van der Waals surface area contributed by atoms with Crippen molar-refractivity contribution in [2.24, 2.45) is 0 Å². The van der Waals surface area contributed by atoms with E-state index in [1.165, 1.54) is 0 Å². The maximum absolute atomic E-state index is 5.60. The lowest BCUT2D eigenvalue weighted by Gasteiger charge is -2.10. The second-order valence-corrected chi connectivity index (χ2v) is 7.69. The van der Waals surface area contributed by atoms with Crippen molar-refractivity contribution < 1.29 is 14.2 Å². The molecule has 0 unspecified atom stereocenters. The third kappa shape index (κ3) is 5.84. The molecule has 1 aromatic heterocycles. The molecule has 172 valence electrons. The molecule has 0 aliphatic heterocycles. The minimum Gasteiger partial charge on any atom is -0.497 e. The molecule has 4 rings (SSSR count). The Labute approximate surface area is 201 Å². The van der Waals surface area contributed by atoms with Gasteiger partial charge in [-0.15, -0.1) is 0 Å². The summed E-state index contributed by atoms with van der Waals surface area (Å²) in [5.74, 6) is 2.56. The van der Waals surface area contributed by atoms with Crippen LogP contribution in [-0.2, 0) is 0 Å². The second kappa shape index (κ2) is 11.2. The molecule has 0 saturated heterocycles. The van der Waals surface area contributed by atoms with Crippen molar-refractivity contribution in [1.29, 1.82) is 0 Å². The van der Waals surface area contributed by atoms with Crippen LogP contribution in [0.1, 0.15) is 25.1 Å². The van der Waals surface area contributed by atoms with Crippen molar-refractivity contribution in [2.45, 2.75) is 13.8 Å². The van der Waals surface area contributed by atoms with Crippen molar-refractivity contribution in [3.05, 3.63) is 96.2 Å². The van der Waals surface area contributed by atoms with E-state index in [9.17, 15) is 0 Å². The molecule has 34 heavy (non-hydrogen) atoms. The van der Waals surface area contributed by atoms with Crippen LogP contribution in [-0.4, -0.2) is 25.3 Å². The molecule has 3 aromatic carbocycles. The molecule has 0 spiro atoms. The molecule has 0 aliphatic rings. The molecular formula is C30H29NO3. The van der Waals surface area contributed by atoms with Gasteiger partial charge < -0.3 is 14.2 Å². The molecule has 0 bridgehead atoms. The molecule has 0 amide bonds. The van der Waals surface area contributed by atoms with Gasteiger partial charge in [-0.2, -0.15) is 0 Å². The van der Waals surface area contributed by atoms with Gasteiger partial charge in [-0.25, -0.2) is 4.98 Å². The highest BCUT2D eigenvalue weighted by molar-refractivity contribution is 5.76. The molecule has 0 fully saturated rings. The van der Waals surface area contributed by atoms with Crippen molar-refractivity contribution in [2.75, 3.05) is 20.3 Å². The maximum atomic E-state index is 5.60. The summed E-state index contributed by atoms with van der Waals surface area (Å²) in [6.45, 7) is 5.26. The molecule has 0 radical (unpaired) electrons. The molecule has 0 saturated carbocycles. The summed E-state index contributed by atoms with van der Waals surface area (Å²) < 4.78 is 16.5. The van der Waals surface area contributed by atoms with Crippen molar-refractivity contribution >= 4 is 12.2 Å². The number of rotatable bonds is 9. The number of hydrogen-bond acceptors (Lipinski definition) is 4. The fraction of sp³-hybridized carbons (Fsp3) is 0.167. The van der Waals surface area contributed by atoms with Gasteiger partial charge in [0.25, 0.3) is 0 Å². The molecule has 4 aromatic rings. The Morgan fingerprint density at radius 3 is 1.74 bits per heavy atom. The zero-order valence-electron chi connectivity index (χ0n) is 19.8. The topological polar surface area (TPSA) is 40.6 Å². The highest BCUT2D eigenvalue weighted by Gasteiger charge is 2.07. The first-order chi connectivity index (χ1) is 16.7. The molecule has 0 aliphatic carbocycles. The minimum atomic E-state index is 0.644. The van der Waals surface area contributed by atoms with Crippen LogP contribution >= 0.6 is 0 Å². The Balaban J connectivity index is 1.71. The standard InChI is InChI=1S/C30H29NO3/c1-4-33-28-16-9-23(10-17-28)25-20-26(13-6-22-7-14-27(32-3)15-8-22)31-30(21-25)24-11-18-29(19-12-24)34-5-2/h6-21H,4-5H2,1-3H3. The third-order valence-electron chi connectivity index (χ3n) is 5.37. The number of benzene rings is 3. The molecule has 1 heterocycles. The molecular weight excluding hydrogens is 422 g/mol. The molecule has 0 atom stereocenters. The van der Waals surface area contributed by atoms with E-state index in [2.05, 4.69) is 30.3 Å². The molecule has 4 nitrogen and oxygen atoms in total. The zero-order chi connectivity index (χ0) is 23.8. The normalized spacial score (nSPS) is 10.9. The summed E-state index contributed by atoms with van der Waals surface area (Å²) in [7, 11) is 1.67. The first-order valence-corrected chi connectivity index (χ1v) is 11.5. The summed E-state index contributed by atoms with van der Waals surface area (Å²) in [4.78, 5) is 4.92. The predicted molar refractivity (Wildman–Crippen MR) is 139 cm³/mol. The number of aromatic nitrogens is 1. The van der Waals surface area contributed by atoms with E-state index in [0.29, 0.717) is 13.2 Å². The number of ether oxygens (including phenoxy) is 3. The Hall–Kier alpha value is -4.05. The van der Waals surface area contributed by atoms with E-state index in [4.69, 9.17) is 19.2 Å². The van der Waals surface area contributed by atoms with E-state index >= 15 is 0 Å². The Bertz CT molecular complexity index is 1160. The van der Waals surface area contributed by atoms with Gasteiger partial charge in [-0.05, 0) is 97.3 Å². The molecule has 4 heteroatoms. The monoisotopic (exact) mass is 451 g/mol. The van der Waals surface area contributed by atoms with E-state index in [-0.39, 0.29) is 0 Å². The van der Waals surface area contributed by atoms with Gasteiger partial charge in [-0.1, -0.05) is 30.3 Å². The molecule has 0 N–H and O–H groups in total. The van der Waals surface area contributed by atoms with E-state index in [1.54, 1.807) is 7.11 Å². The first kappa shape index (κ1) is 23.1. The fourth-order valence-corrected chi connectivity index (χ4v) is 3.65. The van der Waals surface area contributed by atoms with Gasteiger partial charge in [0, 0.05) is 5.56 Å². The van der Waals surface area contributed by atoms with Crippen LogP contribution in [0.3, 0.4) is 0 Å². The van der Waals surface area contributed by atoms with Crippen LogP contribution in [0.15, 0.2) is 84.9 Å². The highest BCUT2D eigenvalue weighted by atomic mass is 16.5. The van der Waals surface area contributed by atoms with Gasteiger partial charge in [0.05, 0.1) is 31.7 Å². The lowest BCUT2D eigenvalue weighted by Crippen LogP contribution is -1.93. The summed E-state index contributed by atoms with van der Waals surface area (Å²) in [5.41, 5.74) is 6.11.